The molecule has 0 aliphatic carbocycles. The number of carbonyl (C=O) groups excluding carboxylic acids is 2. The molecule has 0 bridgehead atoms. The van der Waals surface area contributed by atoms with Gasteiger partial charge < -0.3 is 14.6 Å². The van der Waals surface area contributed by atoms with Gasteiger partial charge in [0.2, 0.25) is 0 Å². The van der Waals surface area contributed by atoms with Crippen molar-refractivity contribution in [2.75, 3.05) is 12.9 Å². The van der Waals surface area contributed by atoms with Crippen molar-refractivity contribution in [1.29, 1.82) is 0 Å². The minimum absolute atomic E-state index is 0.0887. The number of nitrogens with one attached hydrogen (secondary N) is 1. The van der Waals surface area contributed by atoms with Gasteiger partial charge in [-0.1, -0.05) is 58.0 Å². The smallest absolute Gasteiger partial charge is 0.253 e. The molecule has 9 nitrogen and oxygen atoms in total. The topological polar surface area (TPSA) is 102 Å². The first-order chi connectivity index (χ1) is 19.8. The summed E-state index contributed by atoms with van der Waals surface area (Å²) in [7, 11) is 3.37. The summed E-state index contributed by atoms with van der Waals surface area (Å²) in [6, 6.07) is 20.7. The lowest BCUT2D eigenvalue weighted by molar-refractivity contribution is -0.130. The van der Waals surface area contributed by atoms with E-state index in [4.69, 9.17) is 9.84 Å². The quantitative estimate of drug-likeness (QED) is 0.256. The SMILES string of the molecule is COc1ccc(C2CC(c3ccc(Br)cc3)=NN2C(=O)CSc2nnc(CNC(=O)c3cccc(F)c3)n2C)cc1. The number of hydrogen-bond acceptors (Lipinski definition) is 7. The van der Waals surface area contributed by atoms with Gasteiger partial charge >= 0.3 is 0 Å². The Bertz CT molecular complexity index is 1590. The van der Waals surface area contributed by atoms with Gasteiger partial charge in [-0.05, 0) is 53.6 Å². The number of benzene rings is 3. The number of halogens is 2. The maximum Gasteiger partial charge on any atom is 0.253 e. The van der Waals surface area contributed by atoms with Crippen molar-refractivity contribution in [3.8, 4) is 5.75 Å². The molecule has 12 heteroatoms. The maximum atomic E-state index is 13.5. The van der Waals surface area contributed by atoms with Gasteiger partial charge in [0.1, 0.15) is 11.6 Å². The van der Waals surface area contributed by atoms with Crippen LogP contribution >= 0.6 is 27.7 Å². The maximum absolute atomic E-state index is 13.5. The van der Waals surface area contributed by atoms with Crippen molar-refractivity contribution in [1.82, 2.24) is 25.1 Å². The summed E-state index contributed by atoms with van der Waals surface area (Å²) >= 11 is 4.70. The monoisotopic (exact) mass is 636 g/mol. The van der Waals surface area contributed by atoms with E-state index < -0.39 is 11.7 Å². The average molecular weight is 638 g/mol. The van der Waals surface area contributed by atoms with Crippen molar-refractivity contribution in [2.45, 2.75) is 24.2 Å². The fraction of sp³-hybridized carbons (Fsp3) is 0.207. The number of aromatic nitrogens is 3. The second kappa shape index (κ2) is 12.6. The Balaban J connectivity index is 1.27. The van der Waals surface area contributed by atoms with Crippen LogP contribution in [0, 0.1) is 5.82 Å². The van der Waals surface area contributed by atoms with Gasteiger partial charge in [-0.3, -0.25) is 9.59 Å². The van der Waals surface area contributed by atoms with E-state index in [1.165, 1.54) is 36.0 Å². The molecule has 3 aromatic carbocycles. The number of methoxy groups -OCH3 is 1. The summed E-state index contributed by atoms with van der Waals surface area (Å²) in [6.45, 7) is 0.0971. The molecule has 0 fully saturated rings. The van der Waals surface area contributed by atoms with Gasteiger partial charge in [-0.15, -0.1) is 10.2 Å². The van der Waals surface area contributed by atoms with Crippen LogP contribution in [0.3, 0.4) is 0 Å². The summed E-state index contributed by atoms with van der Waals surface area (Å²) < 4.78 is 21.4. The molecule has 1 atom stereocenters. The summed E-state index contributed by atoms with van der Waals surface area (Å²) in [5.74, 6) is 0.241. The number of carbonyl (C=O) groups is 2. The molecule has 0 radical (unpaired) electrons. The minimum Gasteiger partial charge on any atom is -0.497 e. The molecular formula is C29H26BrFN6O3S. The second-order valence-electron chi connectivity index (χ2n) is 9.22. The van der Waals surface area contributed by atoms with Crippen molar-refractivity contribution < 1.29 is 18.7 Å². The molecule has 1 aromatic heterocycles. The lowest BCUT2D eigenvalue weighted by atomic mass is 9.98. The van der Waals surface area contributed by atoms with E-state index in [9.17, 15) is 14.0 Å². The van der Waals surface area contributed by atoms with Gasteiger partial charge in [0.25, 0.3) is 11.8 Å². The van der Waals surface area contributed by atoms with Crippen molar-refractivity contribution in [3.05, 3.63) is 106 Å². The fourth-order valence-electron chi connectivity index (χ4n) is 4.35. The molecule has 41 heavy (non-hydrogen) atoms. The van der Waals surface area contributed by atoms with E-state index in [2.05, 4.69) is 31.4 Å². The van der Waals surface area contributed by atoms with E-state index >= 15 is 0 Å². The average Bonchev–Trinajstić information content (AvgIpc) is 3.59. The van der Waals surface area contributed by atoms with Crippen LogP contribution in [-0.2, 0) is 18.4 Å². The molecular weight excluding hydrogens is 611 g/mol. The molecule has 4 aromatic rings. The number of rotatable bonds is 9. The number of amides is 2. The Morgan fingerprint density at radius 2 is 1.85 bits per heavy atom. The highest BCUT2D eigenvalue weighted by Crippen LogP contribution is 2.34. The van der Waals surface area contributed by atoms with Crippen molar-refractivity contribution in [2.24, 2.45) is 12.1 Å². The first-order valence-electron chi connectivity index (χ1n) is 12.7. The first kappa shape index (κ1) is 28.5. The molecule has 2 heterocycles. The normalized spacial score (nSPS) is 14.6. The van der Waals surface area contributed by atoms with Gasteiger partial charge in [-0.25, -0.2) is 9.40 Å². The van der Waals surface area contributed by atoms with Gasteiger partial charge in [0.05, 0.1) is 31.2 Å². The Morgan fingerprint density at radius 3 is 2.56 bits per heavy atom. The van der Waals surface area contributed by atoms with Crippen LogP contribution < -0.4 is 10.1 Å². The molecule has 0 spiro atoms. The van der Waals surface area contributed by atoms with Crippen LogP contribution in [0.1, 0.15) is 39.8 Å². The van der Waals surface area contributed by atoms with Gasteiger partial charge in [0.15, 0.2) is 11.0 Å². The molecule has 2 amide bonds. The van der Waals surface area contributed by atoms with E-state index in [1.54, 1.807) is 23.7 Å². The zero-order valence-electron chi connectivity index (χ0n) is 22.3. The molecule has 0 saturated heterocycles. The Kier molecular flexibility index (Phi) is 8.79. The highest BCUT2D eigenvalue weighted by molar-refractivity contribution is 9.10. The first-order valence-corrected chi connectivity index (χ1v) is 14.4. The fourth-order valence-corrected chi connectivity index (χ4v) is 5.40. The van der Waals surface area contributed by atoms with Crippen LogP contribution in [0.15, 0.2) is 87.5 Å². The Labute approximate surface area is 248 Å². The second-order valence-corrected chi connectivity index (χ2v) is 11.1. The molecule has 5 rings (SSSR count). The van der Waals surface area contributed by atoms with Crippen molar-refractivity contribution in [3.63, 3.8) is 0 Å². The van der Waals surface area contributed by atoms with Crippen LogP contribution in [0.2, 0.25) is 0 Å². The standard InChI is InChI=1S/C29H26BrFN6O3S/c1-36-26(16-32-28(39)20-4-3-5-22(31)14-20)33-34-29(36)41-17-27(38)37-25(19-8-12-23(40-2)13-9-19)15-24(35-37)18-6-10-21(30)11-7-18/h3-14,25H,15-17H2,1-2H3,(H,32,39). The highest BCUT2D eigenvalue weighted by atomic mass is 79.9. The number of thioether (sulfide) groups is 1. The Morgan fingerprint density at radius 1 is 1.10 bits per heavy atom. The highest BCUT2D eigenvalue weighted by Gasteiger charge is 2.33. The molecule has 1 aliphatic rings. The number of nitrogens with zero attached hydrogens (tertiary/aromatic N) is 5. The van der Waals surface area contributed by atoms with E-state index in [0.29, 0.717) is 17.4 Å². The number of ether oxygens (including phenoxy) is 1. The largest absolute Gasteiger partial charge is 0.497 e. The molecule has 1 aliphatic heterocycles. The van der Waals surface area contributed by atoms with Crippen LogP contribution in [0.5, 0.6) is 5.75 Å². The molecule has 0 saturated carbocycles. The van der Waals surface area contributed by atoms with E-state index in [0.717, 1.165) is 27.1 Å². The predicted octanol–water partition coefficient (Wildman–Crippen LogP) is 5.13. The third-order valence-electron chi connectivity index (χ3n) is 6.59. The van der Waals surface area contributed by atoms with Crippen LogP contribution in [-0.4, -0.2) is 50.2 Å². The molecule has 1 unspecified atom stereocenters. The Hall–Kier alpha value is -4.03. The summed E-state index contributed by atoms with van der Waals surface area (Å²) in [4.78, 5) is 25.9. The molecule has 210 valence electrons. The van der Waals surface area contributed by atoms with Gasteiger partial charge in [-0.2, -0.15) is 5.10 Å². The minimum atomic E-state index is -0.486. The zero-order chi connectivity index (χ0) is 28.9. The summed E-state index contributed by atoms with van der Waals surface area (Å²) in [5, 5.41) is 17.9. The van der Waals surface area contributed by atoms with Gasteiger partial charge in [0, 0.05) is 23.5 Å². The lowest BCUT2D eigenvalue weighted by Gasteiger charge is -2.22. The number of hydrogen-bond donors (Lipinski definition) is 1. The van der Waals surface area contributed by atoms with Crippen LogP contribution in [0.25, 0.3) is 0 Å². The molecule has 1 N–H and O–H groups in total. The van der Waals surface area contributed by atoms with Crippen molar-refractivity contribution >= 4 is 45.2 Å². The summed E-state index contributed by atoms with van der Waals surface area (Å²) in [5.41, 5.74) is 2.95. The predicted molar refractivity (Wildman–Crippen MR) is 157 cm³/mol. The van der Waals surface area contributed by atoms with E-state index in [1.807, 2.05) is 48.5 Å². The zero-order valence-corrected chi connectivity index (χ0v) is 24.7. The van der Waals surface area contributed by atoms with E-state index in [-0.39, 0.29) is 29.8 Å². The third-order valence-corrected chi connectivity index (χ3v) is 8.12. The lowest BCUT2D eigenvalue weighted by Crippen LogP contribution is -2.28. The van der Waals surface area contributed by atoms with Crippen LogP contribution in [0.4, 0.5) is 4.39 Å². The number of hydrazone groups is 1. The summed E-state index contributed by atoms with van der Waals surface area (Å²) in [6.07, 6.45) is 0.573. The third kappa shape index (κ3) is 6.66.